The van der Waals surface area contributed by atoms with Crippen molar-refractivity contribution in [2.24, 2.45) is 7.05 Å². The van der Waals surface area contributed by atoms with Gasteiger partial charge in [-0.05, 0) is 61.1 Å². The minimum Gasteiger partial charge on any atom is -0.391 e. The quantitative estimate of drug-likeness (QED) is 0.463. The summed E-state index contributed by atoms with van der Waals surface area (Å²) < 4.78 is 1.94. The Morgan fingerprint density at radius 1 is 1.15 bits per heavy atom. The second kappa shape index (κ2) is 9.39. The van der Waals surface area contributed by atoms with Crippen LogP contribution in [0.3, 0.4) is 0 Å². The van der Waals surface area contributed by atoms with Gasteiger partial charge in [0.05, 0.1) is 12.1 Å². The predicted molar refractivity (Wildman–Crippen MR) is 134 cm³/mol. The van der Waals surface area contributed by atoms with Crippen LogP contribution in [0, 0.1) is 6.92 Å². The molecule has 1 amide bonds. The van der Waals surface area contributed by atoms with Crippen LogP contribution in [0.2, 0.25) is 0 Å². The van der Waals surface area contributed by atoms with Crippen molar-refractivity contribution in [1.29, 1.82) is 0 Å². The minimum absolute atomic E-state index is 0.209. The number of nitrogens with one attached hydrogen (secondary N) is 1. The van der Waals surface area contributed by atoms with E-state index in [-0.39, 0.29) is 11.9 Å². The van der Waals surface area contributed by atoms with Crippen molar-refractivity contribution in [3.05, 3.63) is 83.4 Å². The zero-order chi connectivity index (χ0) is 23.7. The average Bonchev–Trinajstić information content (AvgIpc) is 3.22. The summed E-state index contributed by atoms with van der Waals surface area (Å²) in [5, 5.41) is 14.3. The Morgan fingerprint density at radius 2 is 1.94 bits per heavy atom. The van der Waals surface area contributed by atoms with E-state index in [1.54, 1.807) is 0 Å². The summed E-state index contributed by atoms with van der Waals surface area (Å²) in [6.45, 7) is 2.02. The molecule has 34 heavy (non-hydrogen) atoms. The normalized spacial score (nSPS) is 18.2. The van der Waals surface area contributed by atoms with Gasteiger partial charge in [-0.3, -0.25) is 9.78 Å². The molecule has 0 bridgehead atoms. The number of nitrogens with zero attached hydrogens (tertiary/aromatic N) is 3. The van der Waals surface area contributed by atoms with Gasteiger partial charge in [0.1, 0.15) is 11.3 Å². The van der Waals surface area contributed by atoms with E-state index in [0.717, 1.165) is 64.7 Å². The van der Waals surface area contributed by atoms with Crippen LogP contribution in [0.1, 0.15) is 53.0 Å². The number of pyridine rings is 2. The number of carbonyl (C=O) groups excluding carboxylic acids is 1. The van der Waals surface area contributed by atoms with Crippen molar-refractivity contribution in [2.45, 2.75) is 51.2 Å². The Labute approximate surface area is 199 Å². The summed E-state index contributed by atoms with van der Waals surface area (Å²) in [7, 11) is 1.94. The van der Waals surface area contributed by atoms with Gasteiger partial charge in [-0.15, -0.1) is 0 Å². The van der Waals surface area contributed by atoms with E-state index in [2.05, 4.69) is 51.7 Å². The maximum atomic E-state index is 13.1. The Morgan fingerprint density at radius 3 is 2.71 bits per heavy atom. The molecule has 3 heterocycles. The Kier molecular flexibility index (Phi) is 6.16. The number of hydrogen-bond acceptors (Lipinski definition) is 4. The summed E-state index contributed by atoms with van der Waals surface area (Å²) >= 11 is 0. The standard InChI is InChI=1S/C28H30N4O2/c1-18-22(6-5-14-29-18)20-11-9-19(10-12-20)16-21-17-25(30-27-23(21)13-15-32(27)2)28(34)31-24-7-3-4-8-26(24)33/h5-6,9-15,17,24,26,33H,3-4,7-8,16H2,1-2H3,(H,31,34)/t24-,26-/m0/s1. The second-order valence-electron chi connectivity index (χ2n) is 9.27. The number of benzene rings is 1. The van der Waals surface area contributed by atoms with Crippen LogP contribution < -0.4 is 5.32 Å². The average molecular weight is 455 g/mol. The molecule has 1 saturated carbocycles. The van der Waals surface area contributed by atoms with Gasteiger partial charge >= 0.3 is 0 Å². The zero-order valence-corrected chi connectivity index (χ0v) is 19.7. The number of carbonyl (C=O) groups is 1. The SMILES string of the molecule is Cc1ncccc1-c1ccc(Cc2cc(C(=O)N[C@H]3CCCC[C@@H]3O)nc3c2ccn3C)cc1. The first-order chi connectivity index (χ1) is 16.5. The molecule has 0 unspecified atom stereocenters. The van der Waals surface area contributed by atoms with Gasteiger partial charge in [-0.25, -0.2) is 4.98 Å². The summed E-state index contributed by atoms with van der Waals surface area (Å²) in [6, 6.07) is 16.3. The Bertz CT molecular complexity index is 1330. The van der Waals surface area contributed by atoms with Crippen LogP contribution in [0.15, 0.2) is 60.9 Å². The third kappa shape index (κ3) is 4.46. The molecule has 5 rings (SSSR count). The van der Waals surface area contributed by atoms with E-state index in [1.165, 1.54) is 0 Å². The van der Waals surface area contributed by atoms with Crippen LogP contribution in [-0.2, 0) is 13.5 Å². The topological polar surface area (TPSA) is 80.0 Å². The molecule has 0 spiro atoms. The van der Waals surface area contributed by atoms with E-state index in [9.17, 15) is 9.90 Å². The minimum atomic E-state index is -0.488. The summed E-state index contributed by atoms with van der Waals surface area (Å²) in [6.07, 6.45) is 7.55. The van der Waals surface area contributed by atoms with Crippen molar-refractivity contribution in [1.82, 2.24) is 19.9 Å². The number of amides is 1. The second-order valence-corrected chi connectivity index (χ2v) is 9.27. The fourth-order valence-electron chi connectivity index (χ4n) is 4.90. The third-order valence-electron chi connectivity index (χ3n) is 6.87. The molecule has 1 fully saturated rings. The molecular weight excluding hydrogens is 424 g/mol. The molecule has 6 heteroatoms. The first-order valence-electron chi connectivity index (χ1n) is 11.9. The van der Waals surface area contributed by atoms with Gasteiger partial charge in [0.2, 0.25) is 0 Å². The monoisotopic (exact) mass is 454 g/mol. The van der Waals surface area contributed by atoms with E-state index in [1.807, 2.05) is 43.1 Å². The lowest BCUT2D eigenvalue weighted by molar-refractivity contribution is 0.0714. The Balaban J connectivity index is 1.43. The zero-order valence-electron chi connectivity index (χ0n) is 19.7. The number of hydrogen-bond donors (Lipinski definition) is 2. The predicted octanol–water partition coefficient (Wildman–Crippen LogP) is 4.57. The van der Waals surface area contributed by atoms with Crippen molar-refractivity contribution >= 4 is 16.9 Å². The van der Waals surface area contributed by atoms with Gasteiger partial charge in [0.15, 0.2) is 0 Å². The van der Waals surface area contributed by atoms with Crippen LogP contribution in [0.5, 0.6) is 0 Å². The van der Waals surface area contributed by atoms with Crippen molar-refractivity contribution in [3.63, 3.8) is 0 Å². The molecule has 2 atom stereocenters. The van der Waals surface area contributed by atoms with Gasteiger partial charge < -0.3 is 15.0 Å². The summed E-state index contributed by atoms with van der Waals surface area (Å²) in [4.78, 5) is 22.1. The number of fused-ring (bicyclic) bond motifs is 1. The molecule has 3 aromatic heterocycles. The van der Waals surface area contributed by atoms with Crippen LogP contribution in [0.4, 0.5) is 0 Å². The van der Waals surface area contributed by atoms with Gasteiger partial charge in [0, 0.05) is 36.1 Å². The van der Waals surface area contributed by atoms with Gasteiger partial charge in [-0.1, -0.05) is 43.2 Å². The highest BCUT2D eigenvalue weighted by atomic mass is 16.3. The van der Waals surface area contributed by atoms with Crippen molar-refractivity contribution in [2.75, 3.05) is 0 Å². The number of rotatable bonds is 5. The molecular formula is C28H30N4O2. The first-order valence-corrected chi connectivity index (χ1v) is 11.9. The highest BCUT2D eigenvalue weighted by Gasteiger charge is 2.26. The molecule has 0 aliphatic heterocycles. The van der Waals surface area contributed by atoms with Crippen molar-refractivity contribution < 1.29 is 9.90 Å². The van der Waals surface area contributed by atoms with E-state index < -0.39 is 6.10 Å². The first kappa shape index (κ1) is 22.3. The number of aromatic nitrogens is 3. The molecule has 0 radical (unpaired) electrons. The van der Waals surface area contributed by atoms with E-state index >= 15 is 0 Å². The lowest BCUT2D eigenvalue weighted by Gasteiger charge is -2.28. The molecule has 0 saturated heterocycles. The third-order valence-corrected chi connectivity index (χ3v) is 6.87. The van der Waals surface area contributed by atoms with Gasteiger partial charge in [-0.2, -0.15) is 0 Å². The highest BCUT2D eigenvalue weighted by Crippen LogP contribution is 2.26. The molecule has 4 aromatic rings. The molecule has 174 valence electrons. The van der Waals surface area contributed by atoms with Crippen LogP contribution in [0.25, 0.3) is 22.2 Å². The molecule has 2 N–H and O–H groups in total. The van der Waals surface area contributed by atoms with Crippen LogP contribution in [-0.4, -0.2) is 37.7 Å². The lowest BCUT2D eigenvalue weighted by atomic mass is 9.92. The van der Waals surface area contributed by atoms with Crippen LogP contribution >= 0.6 is 0 Å². The molecule has 1 aliphatic carbocycles. The summed E-state index contributed by atoms with van der Waals surface area (Å²) in [5.74, 6) is -0.224. The molecule has 6 nitrogen and oxygen atoms in total. The van der Waals surface area contributed by atoms with E-state index in [4.69, 9.17) is 0 Å². The number of aryl methyl sites for hydroxylation is 2. The smallest absolute Gasteiger partial charge is 0.270 e. The highest BCUT2D eigenvalue weighted by molar-refractivity contribution is 5.95. The maximum Gasteiger partial charge on any atom is 0.270 e. The van der Waals surface area contributed by atoms with Gasteiger partial charge in [0.25, 0.3) is 5.91 Å². The Hall–Kier alpha value is -3.51. The fraction of sp³-hybridized carbons (Fsp3) is 0.321. The molecule has 1 aromatic carbocycles. The number of aliphatic hydroxyl groups is 1. The lowest BCUT2D eigenvalue weighted by Crippen LogP contribution is -2.45. The maximum absolute atomic E-state index is 13.1. The number of aliphatic hydroxyl groups excluding tert-OH is 1. The van der Waals surface area contributed by atoms with Crippen molar-refractivity contribution in [3.8, 4) is 11.1 Å². The summed E-state index contributed by atoms with van der Waals surface area (Å²) in [5.41, 5.74) is 6.68. The fourth-order valence-corrected chi connectivity index (χ4v) is 4.90. The molecule has 1 aliphatic rings. The largest absolute Gasteiger partial charge is 0.391 e. The van der Waals surface area contributed by atoms with E-state index in [0.29, 0.717) is 12.1 Å².